The Balaban J connectivity index is 2.11. The molecule has 2 N–H and O–H groups in total. The van der Waals surface area contributed by atoms with Crippen molar-refractivity contribution in [2.24, 2.45) is 5.41 Å². The van der Waals surface area contributed by atoms with Gasteiger partial charge in [0.15, 0.2) is 5.69 Å². The minimum absolute atomic E-state index is 0.0687. The summed E-state index contributed by atoms with van der Waals surface area (Å²) in [6, 6.07) is 0. The second-order valence-corrected chi connectivity index (χ2v) is 8.52. The molecule has 0 saturated heterocycles. The molecule has 0 atom stereocenters. The van der Waals surface area contributed by atoms with Crippen LogP contribution in [0.4, 0.5) is 0 Å². The molecule has 0 radical (unpaired) electrons. The molecule has 0 bridgehead atoms. The Kier molecular flexibility index (Phi) is 4.63. The fourth-order valence-corrected chi connectivity index (χ4v) is 4.18. The molecule has 21 heavy (non-hydrogen) atoms. The molecule has 1 amide bonds. The maximum absolute atomic E-state index is 12.2. The average Bonchev–Trinajstić information content (AvgIpc) is 2.79. The van der Waals surface area contributed by atoms with Crippen molar-refractivity contribution < 1.29 is 13.2 Å². The van der Waals surface area contributed by atoms with E-state index in [0.717, 1.165) is 25.7 Å². The number of aromatic nitrogens is 2. The maximum Gasteiger partial charge on any atom is 0.273 e. The highest BCUT2D eigenvalue weighted by Gasteiger charge is 2.30. The molecule has 6 nitrogen and oxygen atoms in total. The van der Waals surface area contributed by atoms with Crippen molar-refractivity contribution in [3.63, 3.8) is 0 Å². The molecule has 0 unspecified atom stereocenters. The van der Waals surface area contributed by atoms with Gasteiger partial charge in [-0.2, -0.15) is 5.10 Å². The standard InChI is InChI=1S/C13H20ClN3O3S/c1-9-11(21(14,19)20)10(17-16-9)12(18)15-8-13(2)6-4-3-5-7-13/h3-8H2,1-2H3,(H,15,18)(H,16,17). The summed E-state index contributed by atoms with van der Waals surface area (Å²) in [6.45, 7) is 4.17. The molecule has 8 heteroatoms. The van der Waals surface area contributed by atoms with Crippen molar-refractivity contribution in [2.75, 3.05) is 6.54 Å². The van der Waals surface area contributed by atoms with Crippen molar-refractivity contribution in [2.45, 2.75) is 50.8 Å². The lowest BCUT2D eigenvalue weighted by atomic mass is 9.76. The van der Waals surface area contributed by atoms with E-state index in [9.17, 15) is 13.2 Å². The number of carbonyl (C=O) groups excluding carboxylic acids is 1. The first-order chi connectivity index (χ1) is 9.73. The first kappa shape index (κ1) is 16.3. The lowest BCUT2D eigenvalue weighted by Crippen LogP contribution is -2.37. The molecule has 1 aliphatic carbocycles. The van der Waals surface area contributed by atoms with Crippen molar-refractivity contribution in [1.29, 1.82) is 0 Å². The largest absolute Gasteiger partial charge is 0.350 e. The Bertz CT molecular complexity index is 633. The van der Waals surface area contributed by atoms with Crippen LogP contribution in [0.5, 0.6) is 0 Å². The predicted molar refractivity (Wildman–Crippen MR) is 79.9 cm³/mol. The molecule has 118 valence electrons. The van der Waals surface area contributed by atoms with Crippen molar-refractivity contribution in [1.82, 2.24) is 15.5 Å². The lowest BCUT2D eigenvalue weighted by Gasteiger charge is -2.33. The summed E-state index contributed by atoms with van der Waals surface area (Å²) in [7, 11) is 1.36. The van der Waals surface area contributed by atoms with Gasteiger partial charge in [0.25, 0.3) is 15.0 Å². The zero-order valence-electron chi connectivity index (χ0n) is 12.2. The van der Waals surface area contributed by atoms with Gasteiger partial charge in [-0.1, -0.05) is 26.2 Å². The topological polar surface area (TPSA) is 91.9 Å². The zero-order chi connectivity index (χ0) is 15.7. The Labute approximate surface area is 129 Å². The molecular formula is C13H20ClN3O3S. The van der Waals surface area contributed by atoms with Gasteiger partial charge in [0, 0.05) is 17.2 Å². The highest BCUT2D eigenvalue weighted by atomic mass is 35.7. The summed E-state index contributed by atoms with van der Waals surface area (Å²) in [5.41, 5.74) is 0.167. The molecule has 2 rings (SSSR count). The van der Waals surface area contributed by atoms with Crippen LogP contribution in [0.15, 0.2) is 4.90 Å². The summed E-state index contributed by atoms with van der Waals surface area (Å²) < 4.78 is 23.1. The molecule has 1 heterocycles. The molecule has 1 aromatic heterocycles. The minimum Gasteiger partial charge on any atom is -0.350 e. The summed E-state index contributed by atoms with van der Waals surface area (Å²) >= 11 is 0. The van der Waals surface area contributed by atoms with E-state index in [1.54, 1.807) is 0 Å². The SMILES string of the molecule is Cc1[nH]nc(C(=O)NCC2(C)CCCCC2)c1S(=O)(=O)Cl. The summed E-state index contributed by atoms with van der Waals surface area (Å²) in [5.74, 6) is -0.509. The number of nitrogens with one attached hydrogen (secondary N) is 2. The van der Waals surface area contributed by atoms with E-state index in [-0.39, 0.29) is 21.7 Å². The van der Waals surface area contributed by atoms with E-state index in [1.807, 2.05) is 0 Å². The van der Waals surface area contributed by atoms with Crippen LogP contribution in [0.25, 0.3) is 0 Å². The fourth-order valence-electron chi connectivity index (χ4n) is 2.83. The third kappa shape index (κ3) is 3.77. The zero-order valence-corrected chi connectivity index (χ0v) is 13.8. The van der Waals surface area contributed by atoms with Crippen LogP contribution in [-0.2, 0) is 9.05 Å². The smallest absolute Gasteiger partial charge is 0.273 e. The second kappa shape index (κ2) is 5.96. The number of aromatic amines is 1. The normalized spacial score (nSPS) is 18.4. The van der Waals surface area contributed by atoms with Crippen LogP contribution in [-0.4, -0.2) is 31.1 Å². The molecular weight excluding hydrogens is 314 g/mol. The summed E-state index contributed by atoms with van der Waals surface area (Å²) in [5, 5.41) is 9.06. The Hall–Kier alpha value is -1.08. The highest BCUT2D eigenvalue weighted by molar-refractivity contribution is 8.13. The van der Waals surface area contributed by atoms with Gasteiger partial charge in [0.1, 0.15) is 4.90 Å². The molecule has 1 aliphatic rings. The lowest BCUT2D eigenvalue weighted by molar-refractivity contribution is 0.0911. The third-order valence-electron chi connectivity index (χ3n) is 4.09. The first-order valence-corrected chi connectivity index (χ1v) is 9.32. The van der Waals surface area contributed by atoms with E-state index in [0.29, 0.717) is 6.54 Å². The highest BCUT2D eigenvalue weighted by Crippen LogP contribution is 2.35. The van der Waals surface area contributed by atoms with Gasteiger partial charge in [0.2, 0.25) is 0 Å². The third-order valence-corrected chi connectivity index (χ3v) is 5.54. The number of halogens is 1. The van der Waals surface area contributed by atoms with Gasteiger partial charge in [-0.3, -0.25) is 9.89 Å². The predicted octanol–water partition coefficient (Wildman–Crippen LogP) is 2.35. The van der Waals surface area contributed by atoms with Crippen LogP contribution in [0, 0.1) is 12.3 Å². The number of H-pyrrole nitrogens is 1. The van der Waals surface area contributed by atoms with Gasteiger partial charge in [-0.15, -0.1) is 0 Å². The monoisotopic (exact) mass is 333 g/mol. The van der Waals surface area contributed by atoms with E-state index in [4.69, 9.17) is 10.7 Å². The van der Waals surface area contributed by atoms with Crippen molar-refractivity contribution in [3.8, 4) is 0 Å². The average molecular weight is 334 g/mol. The van der Waals surface area contributed by atoms with Gasteiger partial charge >= 0.3 is 0 Å². The summed E-state index contributed by atoms with van der Waals surface area (Å²) in [4.78, 5) is 12.0. The van der Waals surface area contributed by atoms with Crippen LogP contribution in [0.1, 0.15) is 55.2 Å². The molecule has 0 aliphatic heterocycles. The summed E-state index contributed by atoms with van der Waals surface area (Å²) in [6.07, 6.45) is 5.68. The quantitative estimate of drug-likeness (QED) is 0.827. The maximum atomic E-state index is 12.2. The van der Waals surface area contributed by atoms with Crippen LogP contribution in [0.2, 0.25) is 0 Å². The van der Waals surface area contributed by atoms with E-state index < -0.39 is 15.0 Å². The van der Waals surface area contributed by atoms with E-state index in [2.05, 4.69) is 22.4 Å². The Morgan fingerprint density at radius 2 is 2.00 bits per heavy atom. The van der Waals surface area contributed by atoms with Crippen molar-refractivity contribution in [3.05, 3.63) is 11.4 Å². The number of nitrogens with zero attached hydrogens (tertiary/aromatic N) is 1. The van der Waals surface area contributed by atoms with Gasteiger partial charge < -0.3 is 5.32 Å². The van der Waals surface area contributed by atoms with Crippen LogP contribution < -0.4 is 5.32 Å². The van der Waals surface area contributed by atoms with Gasteiger partial charge in [0.05, 0.1) is 5.69 Å². The molecule has 0 aromatic carbocycles. The van der Waals surface area contributed by atoms with Crippen LogP contribution in [0.3, 0.4) is 0 Å². The number of hydrogen-bond acceptors (Lipinski definition) is 4. The first-order valence-electron chi connectivity index (χ1n) is 7.01. The van der Waals surface area contributed by atoms with Gasteiger partial charge in [-0.25, -0.2) is 8.42 Å². The number of hydrogen-bond donors (Lipinski definition) is 2. The number of aryl methyl sites for hydroxylation is 1. The van der Waals surface area contributed by atoms with Crippen molar-refractivity contribution >= 4 is 25.6 Å². The van der Waals surface area contributed by atoms with Crippen LogP contribution >= 0.6 is 10.7 Å². The second-order valence-electron chi connectivity index (χ2n) is 6.02. The Morgan fingerprint density at radius 3 is 2.57 bits per heavy atom. The number of carbonyl (C=O) groups is 1. The Morgan fingerprint density at radius 1 is 1.38 bits per heavy atom. The van der Waals surface area contributed by atoms with E-state index >= 15 is 0 Å². The number of amides is 1. The van der Waals surface area contributed by atoms with Gasteiger partial charge in [-0.05, 0) is 25.2 Å². The molecule has 0 spiro atoms. The molecule has 1 aromatic rings. The number of rotatable bonds is 4. The minimum atomic E-state index is -4.01. The molecule has 1 saturated carbocycles. The molecule has 1 fully saturated rings. The van der Waals surface area contributed by atoms with E-state index in [1.165, 1.54) is 13.3 Å². The fraction of sp³-hybridized carbons (Fsp3) is 0.692.